The van der Waals surface area contributed by atoms with E-state index >= 15 is 0 Å². The maximum Gasteiger partial charge on any atom is 0.460 e. The molecular formula is C8H6MgO2. The average Bonchev–Trinajstić information content (AvgIpc) is 2.60. The van der Waals surface area contributed by atoms with Crippen molar-refractivity contribution in [2.24, 2.45) is 0 Å². The monoisotopic (exact) mass is 158 g/mol. The summed E-state index contributed by atoms with van der Waals surface area (Å²) in [6.45, 7) is 0. The molecule has 2 rings (SSSR count). The Kier molecular flexibility index (Phi) is 2.01. The normalized spacial score (nSPS) is 9.45. The number of rotatable bonds is 2. The van der Waals surface area contributed by atoms with Crippen LogP contribution in [0.1, 0.15) is 0 Å². The van der Waals surface area contributed by atoms with Crippen LogP contribution in [0, 0.1) is 0 Å². The summed E-state index contributed by atoms with van der Waals surface area (Å²) >= 11 is -0.337. The first-order valence-electron chi connectivity index (χ1n) is 3.47. The molecule has 2 aromatic heterocycles. The summed E-state index contributed by atoms with van der Waals surface area (Å²) in [5.74, 6) is 0. The Hall–Kier alpha value is -0.674. The lowest BCUT2D eigenvalue weighted by molar-refractivity contribution is 0.568. The summed E-state index contributed by atoms with van der Waals surface area (Å²) in [7, 11) is 0. The molecule has 2 aromatic rings. The lowest BCUT2D eigenvalue weighted by Gasteiger charge is -1.84. The van der Waals surface area contributed by atoms with E-state index in [0.717, 1.165) is 0 Å². The topological polar surface area (TPSA) is 26.3 Å². The van der Waals surface area contributed by atoms with Crippen molar-refractivity contribution >= 4 is 27.8 Å². The van der Waals surface area contributed by atoms with Gasteiger partial charge in [-0.2, -0.15) is 0 Å². The Labute approximate surface area is 73.9 Å². The van der Waals surface area contributed by atoms with E-state index in [-0.39, 0.29) is 20.4 Å². The highest BCUT2D eigenvalue weighted by molar-refractivity contribution is 6.67. The van der Waals surface area contributed by atoms with Crippen molar-refractivity contribution in [3.8, 4) is 0 Å². The van der Waals surface area contributed by atoms with Gasteiger partial charge in [0.15, 0.2) is 0 Å². The van der Waals surface area contributed by atoms with Crippen LogP contribution in [0.25, 0.3) is 0 Å². The van der Waals surface area contributed by atoms with Crippen LogP contribution in [-0.2, 0) is 0 Å². The van der Waals surface area contributed by atoms with Gasteiger partial charge in [0.1, 0.15) is 0 Å². The zero-order valence-electron chi connectivity index (χ0n) is 5.99. The summed E-state index contributed by atoms with van der Waals surface area (Å²) in [4.78, 5) is 0. The first kappa shape index (κ1) is 7.00. The quantitative estimate of drug-likeness (QED) is 0.596. The molecule has 3 heteroatoms. The van der Waals surface area contributed by atoms with Crippen LogP contribution in [0.5, 0.6) is 0 Å². The maximum absolute atomic E-state index is 4.97. The van der Waals surface area contributed by atoms with Gasteiger partial charge in [-0.1, -0.05) is 0 Å². The molecule has 0 bridgehead atoms. The van der Waals surface area contributed by atoms with E-state index < -0.39 is 0 Å². The molecule has 0 unspecified atom stereocenters. The minimum Gasteiger partial charge on any atom is -0.475 e. The first-order valence-corrected chi connectivity index (χ1v) is 4.89. The van der Waals surface area contributed by atoms with Crippen LogP contribution < -0.4 is 7.39 Å². The smallest absolute Gasteiger partial charge is 0.460 e. The lowest BCUT2D eigenvalue weighted by atomic mass is 10.6. The third-order valence-electron chi connectivity index (χ3n) is 1.57. The predicted molar refractivity (Wildman–Crippen MR) is 42.4 cm³/mol. The first-order chi connectivity index (χ1) is 5.45. The van der Waals surface area contributed by atoms with Gasteiger partial charge in [-0.25, -0.2) is 0 Å². The van der Waals surface area contributed by atoms with Gasteiger partial charge in [-0.15, -0.1) is 7.39 Å². The molecule has 0 aromatic carbocycles. The van der Waals surface area contributed by atoms with Gasteiger partial charge in [0.2, 0.25) is 0 Å². The average molecular weight is 158 g/mol. The highest BCUT2D eigenvalue weighted by Gasteiger charge is 2.03. The van der Waals surface area contributed by atoms with Crippen molar-refractivity contribution in [1.82, 2.24) is 0 Å². The molecule has 2 heterocycles. The minimum atomic E-state index is -0.337. The van der Waals surface area contributed by atoms with Crippen molar-refractivity contribution in [2.45, 2.75) is 0 Å². The summed E-state index contributed by atoms with van der Waals surface area (Å²) < 4.78 is 12.6. The van der Waals surface area contributed by atoms with Crippen LogP contribution in [-0.4, -0.2) is 20.4 Å². The van der Waals surface area contributed by atoms with E-state index in [1.807, 2.05) is 12.1 Å². The van der Waals surface area contributed by atoms with E-state index in [1.54, 1.807) is 25.1 Å². The lowest BCUT2D eigenvalue weighted by Crippen LogP contribution is -2.23. The van der Waals surface area contributed by atoms with E-state index in [1.165, 1.54) is 7.39 Å². The Morgan fingerprint density at radius 1 is 0.909 bits per heavy atom. The van der Waals surface area contributed by atoms with Crippen LogP contribution in [0.15, 0.2) is 46.0 Å². The molecule has 0 saturated carbocycles. The minimum absolute atomic E-state index is 0.337. The number of furan rings is 2. The van der Waals surface area contributed by atoms with Crippen LogP contribution >= 0.6 is 0 Å². The molecule has 11 heavy (non-hydrogen) atoms. The standard InChI is InChI=1S/2C4H3O.Mg/c2*1-2-4-5-3-1;/h2*1,3-4H;. The highest BCUT2D eigenvalue weighted by atomic mass is 24.5. The number of hydrogen-bond acceptors (Lipinski definition) is 2. The molecule has 0 amide bonds. The molecular weight excluding hydrogens is 152 g/mol. The van der Waals surface area contributed by atoms with Crippen LogP contribution in [0.3, 0.4) is 0 Å². The van der Waals surface area contributed by atoms with Crippen LogP contribution in [0.4, 0.5) is 0 Å². The maximum atomic E-state index is 4.97. The van der Waals surface area contributed by atoms with Gasteiger partial charge in [0.25, 0.3) is 0 Å². The molecule has 0 radical (unpaired) electrons. The van der Waals surface area contributed by atoms with Crippen molar-refractivity contribution < 1.29 is 8.83 Å². The zero-order chi connectivity index (χ0) is 7.52. The Bertz CT molecular complexity index is 264. The van der Waals surface area contributed by atoms with Crippen molar-refractivity contribution in [3.63, 3.8) is 0 Å². The van der Waals surface area contributed by atoms with E-state index in [0.29, 0.717) is 0 Å². The largest absolute Gasteiger partial charge is 0.475 e. The van der Waals surface area contributed by atoms with E-state index in [4.69, 9.17) is 8.83 Å². The zero-order valence-corrected chi connectivity index (χ0v) is 7.40. The molecule has 52 valence electrons. The van der Waals surface area contributed by atoms with E-state index in [2.05, 4.69) is 0 Å². The third-order valence-corrected chi connectivity index (χ3v) is 3.19. The summed E-state index contributed by atoms with van der Waals surface area (Å²) in [6.07, 6.45) is 7.03. The Morgan fingerprint density at radius 2 is 1.45 bits per heavy atom. The number of hydrogen-bond donors (Lipinski definition) is 0. The second-order valence-corrected chi connectivity index (χ2v) is 4.43. The third kappa shape index (κ3) is 1.67. The molecule has 0 aliphatic heterocycles. The summed E-state index contributed by atoms with van der Waals surface area (Å²) in [5.41, 5.74) is 0. The molecule has 0 atom stereocenters. The fraction of sp³-hybridized carbons (Fsp3) is 0. The molecule has 2 nitrogen and oxygen atoms in total. The van der Waals surface area contributed by atoms with Gasteiger partial charge >= 0.3 is 20.4 Å². The fourth-order valence-corrected chi connectivity index (χ4v) is 2.28. The van der Waals surface area contributed by atoms with Gasteiger partial charge in [-0.3, -0.25) is 0 Å². The van der Waals surface area contributed by atoms with Gasteiger partial charge in [0.05, 0.1) is 25.1 Å². The molecule has 0 saturated heterocycles. The Balaban J connectivity index is 2.14. The molecule has 0 fully saturated rings. The molecule has 0 spiro atoms. The van der Waals surface area contributed by atoms with Crippen molar-refractivity contribution in [2.75, 3.05) is 0 Å². The van der Waals surface area contributed by atoms with Crippen molar-refractivity contribution in [3.05, 3.63) is 37.2 Å². The van der Waals surface area contributed by atoms with Crippen LogP contribution in [0.2, 0.25) is 0 Å². The summed E-state index contributed by atoms with van der Waals surface area (Å²) in [6, 6.07) is 4.03. The fourth-order valence-electron chi connectivity index (χ4n) is 1.02. The SMILES string of the molecule is c1c[c]([Mg][c]2ccoc2)co1. The molecule has 0 N–H and O–H groups in total. The molecule has 0 aliphatic rings. The summed E-state index contributed by atoms with van der Waals surface area (Å²) in [5, 5.41) is 0. The van der Waals surface area contributed by atoms with E-state index in [9.17, 15) is 0 Å². The van der Waals surface area contributed by atoms with Gasteiger partial charge < -0.3 is 8.83 Å². The van der Waals surface area contributed by atoms with Crippen molar-refractivity contribution in [1.29, 1.82) is 0 Å². The molecule has 0 aliphatic carbocycles. The van der Waals surface area contributed by atoms with Gasteiger partial charge in [-0.05, 0) is 12.1 Å². The van der Waals surface area contributed by atoms with Gasteiger partial charge in [0, 0.05) is 0 Å². The Morgan fingerprint density at radius 3 is 1.82 bits per heavy atom. The second-order valence-electron chi connectivity index (χ2n) is 2.44. The second kappa shape index (κ2) is 3.15. The predicted octanol–water partition coefficient (Wildman–Crippen LogP) is 0.528. The highest BCUT2D eigenvalue weighted by Crippen LogP contribution is 1.84.